The molecular weight excluding hydrogens is 416 g/mol. The molecule has 4 nitrogen and oxygen atoms in total. The van der Waals surface area contributed by atoms with Gasteiger partial charge in [0.2, 0.25) is 0 Å². The Morgan fingerprint density at radius 2 is 0.794 bits per heavy atom. The van der Waals surface area contributed by atoms with E-state index in [4.69, 9.17) is 9.97 Å². The third-order valence-corrected chi connectivity index (χ3v) is 5.86. The largest absolute Gasteiger partial charge is 0.303 e. The van der Waals surface area contributed by atoms with Crippen LogP contribution in [0.15, 0.2) is 48.8 Å². The van der Waals surface area contributed by atoms with E-state index in [2.05, 4.69) is 141 Å². The highest BCUT2D eigenvalue weighted by Gasteiger charge is 2.28. The van der Waals surface area contributed by atoms with E-state index in [9.17, 15) is 0 Å². The smallest absolute Gasteiger partial charge is 0.118 e. The lowest BCUT2D eigenvalue weighted by atomic mass is 9.91. The third-order valence-electron chi connectivity index (χ3n) is 5.86. The Labute approximate surface area is 206 Å². The molecule has 0 bridgehead atoms. The van der Waals surface area contributed by atoms with Crippen LogP contribution in [0.4, 0.5) is 0 Å². The molecule has 0 aromatic carbocycles. The first-order chi connectivity index (χ1) is 15.4. The van der Waals surface area contributed by atoms with Crippen molar-refractivity contribution in [1.82, 2.24) is 18.8 Å². The lowest BCUT2D eigenvalue weighted by molar-refractivity contribution is 0.528. The third kappa shape index (κ3) is 5.21. The van der Waals surface area contributed by atoms with Crippen molar-refractivity contribution in [2.24, 2.45) is 0 Å². The van der Waals surface area contributed by atoms with Crippen LogP contribution in [0, 0.1) is 0 Å². The molecule has 4 heteroatoms. The average Bonchev–Trinajstić information content (AvgIpc) is 3.27. The van der Waals surface area contributed by atoms with Crippen LogP contribution in [0.2, 0.25) is 0 Å². The predicted octanol–water partition coefficient (Wildman–Crippen LogP) is 7.86. The minimum absolute atomic E-state index is 0.0633. The Hall–Kier alpha value is -2.62. The summed E-state index contributed by atoms with van der Waals surface area (Å²) >= 11 is 0. The molecule has 4 aromatic rings. The predicted molar refractivity (Wildman–Crippen MR) is 145 cm³/mol. The number of pyridine rings is 2. The maximum atomic E-state index is 4.89. The van der Waals surface area contributed by atoms with Gasteiger partial charge in [0.15, 0.2) is 0 Å². The molecule has 0 aliphatic carbocycles. The molecule has 0 saturated heterocycles. The molecule has 4 heterocycles. The Bertz CT molecular complexity index is 1080. The molecule has 4 rings (SSSR count). The molecule has 0 amide bonds. The van der Waals surface area contributed by atoms with E-state index in [0.29, 0.717) is 0 Å². The molecule has 0 aliphatic rings. The monoisotopic (exact) mass is 460 g/mol. The van der Waals surface area contributed by atoms with E-state index in [1.54, 1.807) is 0 Å². The average molecular weight is 461 g/mol. The van der Waals surface area contributed by atoms with Gasteiger partial charge in [-0.1, -0.05) is 95.2 Å². The number of nitrogens with zero attached hydrogens (tertiary/aromatic N) is 4. The topological polar surface area (TPSA) is 34.6 Å². The zero-order chi connectivity index (χ0) is 25.7. The summed E-state index contributed by atoms with van der Waals surface area (Å²) in [6, 6.07) is 12.6. The highest BCUT2D eigenvalue weighted by atomic mass is 15.0. The summed E-state index contributed by atoms with van der Waals surface area (Å²) in [4.78, 5) is 9.79. The van der Waals surface area contributed by atoms with Crippen molar-refractivity contribution in [3.63, 3.8) is 0 Å². The minimum Gasteiger partial charge on any atom is -0.303 e. The summed E-state index contributed by atoms with van der Waals surface area (Å²) in [5.41, 5.74) is 5.11. The van der Waals surface area contributed by atoms with Crippen molar-refractivity contribution in [1.29, 1.82) is 0 Å². The maximum absolute atomic E-state index is 4.89. The van der Waals surface area contributed by atoms with Gasteiger partial charge in [0, 0.05) is 34.1 Å². The standard InChI is InChI=1S/2C15H22N2/c2*1-14(2,3)12-11-9-7-8-10-17(11)13(16-12)15(4,5)6/h2*7-10H,1-6H3. The van der Waals surface area contributed by atoms with Crippen LogP contribution in [0.3, 0.4) is 0 Å². The maximum Gasteiger partial charge on any atom is 0.118 e. The van der Waals surface area contributed by atoms with E-state index in [-0.39, 0.29) is 21.7 Å². The van der Waals surface area contributed by atoms with Gasteiger partial charge in [-0.2, -0.15) is 0 Å². The molecular formula is C30H44N4. The molecule has 184 valence electrons. The lowest BCUT2D eigenvalue weighted by Crippen LogP contribution is -2.17. The van der Waals surface area contributed by atoms with Crippen LogP contribution in [0.25, 0.3) is 11.0 Å². The van der Waals surface area contributed by atoms with Crippen molar-refractivity contribution in [2.45, 2.75) is 105 Å². The van der Waals surface area contributed by atoms with Gasteiger partial charge in [0.05, 0.1) is 22.4 Å². The number of imidazole rings is 2. The summed E-state index contributed by atoms with van der Waals surface area (Å²) < 4.78 is 4.45. The van der Waals surface area contributed by atoms with Crippen LogP contribution in [0.5, 0.6) is 0 Å². The van der Waals surface area contributed by atoms with Crippen LogP contribution in [-0.2, 0) is 21.7 Å². The van der Waals surface area contributed by atoms with E-state index >= 15 is 0 Å². The first-order valence-corrected chi connectivity index (χ1v) is 12.4. The van der Waals surface area contributed by atoms with Gasteiger partial charge >= 0.3 is 0 Å². The second-order valence-electron chi connectivity index (χ2n) is 13.5. The van der Waals surface area contributed by atoms with Gasteiger partial charge in [0.1, 0.15) is 11.6 Å². The molecule has 0 saturated carbocycles. The van der Waals surface area contributed by atoms with Gasteiger partial charge in [-0.3, -0.25) is 0 Å². The first-order valence-electron chi connectivity index (χ1n) is 12.4. The van der Waals surface area contributed by atoms with Crippen molar-refractivity contribution < 1.29 is 0 Å². The van der Waals surface area contributed by atoms with Gasteiger partial charge in [-0.15, -0.1) is 0 Å². The zero-order valence-corrected chi connectivity index (χ0v) is 23.4. The molecule has 0 N–H and O–H groups in total. The second-order valence-corrected chi connectivity index (χ2v) is 13.5. The summed E-state index contributed by atoms with van der Waals surface area (Å²) in [5, 5.41) is 0. The van der Waals surface area contributed by atoms with E-state index in [1.165, 1.54) is 22.4 Å². The number of hydrogen-bond donors (Lipinski definition) is 0. The number of aromatic nitrogens is 4. The molecule has 0 unspecified atom stereocenters. The highest BCUT2D eigenvalue weighted by molar-refractivity contribution is 5.57. The van der Waals surface area contributed by atoms with Crippen LogP contribution in [0.1, 0.15) is 106 Å². The van der Waals surface area contributed by atoms with Gasteiger partial charge in [-0.25, -0.2) is 9.97 Å². The summed E-state index contributed by atoms with van der Waals surface area (Å²) in [6.07, 6.45) is 4.22. The second kappa shape index (κ2) is 8.55. The van der Waals surface area contributed by atoms with E-state index in [0.717, 1.165) is 11.6 Å². The molecule has 34 heavy (non-hydrogen) atoms. The lowest BCUT2D eigenvalue weighted by Gasteiger charge is -2.17. The Balaban J connectivity index is 0.000000191. The van der Waals surface area contributed by atoms with Gasteiger partial charge < -0.3 is 8.80 Å². The van der Waals surface area contributed by atoms with Crippen LogP contribution in [-0.4, -0.2) is 18.8 Å². The number of rotatable bonds is 0. The van der Waals surface area contributed by atoms with Gasteiger partial charge in [0.25, 0.3) is 0 Å². The van der Waals surface area contributed by atoms with E-state index in [1.807, 2.05) is 0 Å². The van der Waals surface area contributed by atoms with Crippen molar-refractivity contribution in [2.75, 3.05) is 0 Å². The Morgan fingerprint density at radius 3 is 1.06 bits per heavy atom. The summed E-state index contributed by atoms with van der Waals surface area (Å²) in [6.45, 7) is 26.6. The molecule has 0 spiro atoms. The molecule has 0 aliphatic heterocycles. The summed E-state index contributed by atoms with van der Waals surface area (Å²) in [5.74, 6) is 2.27. The normalized spacial score (nSPS) is 13.3. The molecule has 0 fully saturated rings. The molecule has 4 aromatic heterocycles. The van der Waals surface area contributed by atoms with Crippen molar-refractivity contribution in [3.8, 4) is 0 Å². The summed E-state index contributed by atoms with van der Waals surface area (Å²) in [7, 11) is 0. The van der Waals surface area contributed by atoms with E-state index < -0.39 is 0 Å². The molecule has 0 atom stereocenters. The molecule has 0 radical (unpaired) electrons. The van der Waals surface area contributed by atoms with Crippen LogP contribution < -0.4 is 0 Å². The minimum atomic E-state index is 0.0633. The fourth-order valence-electron chi connectivity index (χ4n) is 4.24. The fourth-order valence-corrected chi connectivity index (χ4v) is 4.24. The quantitative estimate of drug-likeness (QED) is 0.268. The SMILES string of the molecule is CC(C)(C)c1nc(C(C)(C)C)n2ccccc12.CC(C)(C)c1nc(C(C)(C)C)n2ccccc12. The highest BCUT2D eigenvalue weighted by Crippen LogP contribution is 2.32. The van der Waals surface area contributed by atoms with Crippen molar-refractivity contribution >= 4 is 11.0 Å². The number of hydrogen-bond acceptors (Lipinski definition) is 2. The Morgan fingerprint density at radius 1 is 0.471 bits per heavy atom. The van der Waals surface area contributed by atoms with Gasteiger partial charge in [-0.05, 0) is 24.3 Å². The first kappa shape index (κ1) is 26.0. The number of fused-ring (bicyclic) bond motifs is 2. The Kier molecular flexibility index (Phi) is 6.54. The zero-order valence-electron chi connectivity index (χ0n) is 23.4. The fraction of sp³-hybridized carbons (Fsp3) is 0.533. The van der Waals surface area contributed by atoms with Crippen molar-refractivity contribution in [3.05, 3.63) is 71.8 Å². The van der Waals surface area contributed by atoms with Crippen LogP contribution >= 0.6 is 0 Å².